The molecule has 0 atom stereocenters. The molecule has 0 fully saturated rings. The minimum Gasteiger partial charge on any atom is -0.319 e. The zero-order valence-electron chi connectivity index (χ0n) is 16.9. The zero-order valence-corrected chi connectivity index (χ0v) is 19.3. The maximum atomic E-state index is 12.9. The SMILES string of the molecule is CCN(CC)CCN(Cc1ccc(Cl)c(Cl)c1)C(=O)Nc1ccc(S(N)(=O)=O)cc1. The Morgan fingerprint density at radius 1 is 1.00 bits per heavy atom. The van der Waals surface area contributed by atoms with Gasteiger partial charge in [-0.1, -0.05) is 43.1 Å². The lowest BCUT2D eigenvalue weighted by molar-refractivity contribution is 0.194. The lowest BCUT2D eigenvalue weighted by atomic mass is 10.2. The second kappa shape index (κ2) is 11.0. The number of nitrogens with two attached hydrogens (primary N) is 1. The molecule has 164 valence electrons. The summed E-state index contributed by atoms with van der Waals surface area (Å²) < 4.78 is 22.8. The van der Waals surface area contributed by atoms with E-state index in [9.17, 15) is 13.2 Å². The molecule has 0 saturated carbocycles. The topological polar surface area (TPSA) is 95.7 Å². The van der Waals surface area contributed by atoms with Crippen molar-refractivity contribution in [2.24, 2.45) is 5.14 Å². The van der Waals surface area contributed by atoms with Crippen LogP contribution in [0.2, 0.25) is 10.0 Å². The van der Waals surface area contributed by atoms with Gasteiger partial charge in [-0.2, -0.15) is 0 Å². The average Bonchev–Trinajstić information content (AvgIpc) is 2.70. The average molecular weight is 473 g/mol. The minimum atomic E-state index is -3.79. The molecule has 0 unspecified atom stereocenters. The molecule has 30 heavy (non-hydrogen) atoms. The predicted molar refractivity (Wildman–Crippen MR) is 121 cm³/mol. The smallest absolute Gasteiger partial charge is 0.319 e. The van der Waals surface area contributed by atoms with Gasteiger partial charge in [0.2, 0.25) is 10.0 Å². The maximum Gasteiger partial charge on any atom is 0.322 e. The maximum absolute atomic E-state index is 12.9. The fraction of sp³-hybridized carbons (Fsp3) is 0.350. The number of benzene rings is 2. The number of urea groups is 1. The standard InChI is InChI=1S/C20H26Cl2N4O3S/c1-3-25(4-2)11-12-26(14-15-5-10-18(21)19(22)13-15)20(27)24-16-6-8-17(9-7-16)30(23,28)29/h5-10,13H,3-4,11-12,14H2,1-2H3,(H,24,27)(H2,23,28,29). The van der Waals surface area contributed by atoms with Gasteiger partial charge in [-0.25, -0.2) is 18.4 Å². The number of hydrogen-bond donors (Lipinski definition) is 2. The number of nitrogens with one attached hydrogen (secondary N) is 1. The first kappa shape index (κ1) is 24.4. The summed E-state index contributed by atoms with van der Waals surface area (Å²) in [6.45, 7) is 7.47. The molecule has 0 spiro atoms. The van der Waals surface area contributed by atoms with Gasteiger partial charge in [-0.15, -0.1) is 0 Å². The van der Waals surface area contributed by atoms with Crippen LogP contribution in [-0.2, 0) is 16.6 Å². The van der Waals surface area contributed by atoms with E-state index in [0.29, 0.717) is 35.4 Å². The van der Waals surface area contributed by atoms with Crippen molar-refractivity contribution in [3.8, 4) is 0 Å². The Kier molecular flexibility index (Phi) is 8.93. The van der Waals surface area contributed by atoms with Crippen molar-refractivity contribution in [3.63, 3.8) is 0 Å². The van der Waals surface area contributed by atoms with E-state index in [-0.39, 0.29) is 10.9 Å². The summed E-state index contributed by atoms with van der Waals surface area (Å²) in [7, 11) is -3.79. The number of primary sulfonamides is 1. The Balaban J connectivity index is 2.16. The molecule has 2 rings (SSSR count). The summed E-state index contributed by atoms with van der Waals surface area (Å²) in [5.41, 5.74) is 1.32. The summed E-state index contributed by atoms with van der Waals surface area (Å²) in [6.07, 6.45) is 0. The molecule has 10 heteroatoms. The van der Waals surface area contributed by atoms with Gasteiger partial charge in [0, 0.05) is 25.3 Å². The lowest BCUT2D eigenvalue weighted by Gasteiger charge is -2.27. The number of carbonyl (C=O) groups excluding carboxylic acids is 1. The lowest BCUT2D eigenvalue weighted by Crippen LogP contribution is -2.40. The van der Waals surface area contributed by atoms with Gasteiger partial charge in [0.15, 0.2) is 0 Å². The number of likely N-dealkylation sites (N-methyl/N-ethyl adjacent to an activating group) is 1. The normalized spacial score (nSPS) is 11.5. The Labute approximate surface area is 187 Å². The number of rotatable bonds is 9. The Morgan fingerprint density at radius 3 is 2.17 bits per heavy atom. The molecule has 0 saturated heterocycles. The highest BCUT2D eigenvalue weighted by molar-refractivity contribution is 7.89. The highest BCUT2D eigenvalue weighted by Gasteiger charge is 2.16. The highest BCUT2D eigenvalue weighted by Crippen LogP contribution is 2.23. The van der Waals surface area contributed by atoms with E-state index in [2.05, 4.69) is 24.1 Å². The van der Waals surface area contributed by atoms with Gasteiger partial charge in [0.1, 0.15) is 0 Å². The van der Waals surface area contributed by atoms with Crippen molar-refractivity contribution >= 4 is 44.9 Å². The van der Waals surface area contributed by atoms with Crippen LogP contribution in [0.3, 0.4) is 0 Å². The van der Waals surface area contributed by atoms with Crippen LogP contribution in [0.4, 0.5) is 10.5 Å². The summed E-state index contributed by atoms with van der Waals surface area (Å²) in [6, 6.07) is 10.7. The van der Waals surface area contributed by atoms with Crippen LogP contribution in [0, 0.1) is 0 Å². The Hall–Kier alpha value is -1.84. The van der Waals surface area contributed by atoms with E-state index in [0.717, 1.165) is 18.7 Å². The first-order valence-corrected chi connectivity index (χ1v) is 11.8. The monoisotopic (exact) mass is 472 g/mol. The molecule has 0 aliphatic heterocycles. The number of halogens is 2. The van der Waals surface area contributed by atoms with E-state index in [1.54, 1.807) is 17.0 Å². The quantitative estimate of drug-likeness (QED) is 0.575. The van der Waals surface area contributed by atoms with Crippen molar-refractivity contribution in [3.05, 3.63) is 58.1 Å². The molecular formula is C20H26Cl2N4O3S. The minimum absolute atomic E-state index is 0.0188. The van der Waals surface area contributed by atoms with Gasteiger partial charge in [0.25, 0.3) is 0 Å². The van der Waals surface area contributed by atoms with E-state index in [1.165, 1.54) is 24.3 Å². The van der Waals surface area contributed by atoms with Crippen LogP contribution < -0.4 is 10.5 Å². The van der Waals surface area contributed by atoms with Gasteiger partial charge in [-0.3, -0.25) is 0 Å². The molecule has 0 heterocycles. The molecule has 2 aromatic rings. The van der Waals surface area contributed by atoms with Crippen LogP contribution in [0.1, 0.15) is 19.4 Å². The molecule has 0 aliphatic rings. The van der Waals surface area contributed by atoms with Gasteiger partial charge >= 0.3 is 6.03 Å². The van der Waals surface area contributed by atoms with Gasteiger partial charge < -0.3 is 15.1 Å². The third-order valence-corrected chi connectivity index (χ3v) is 6.33. The number of carbonyl (C=O) groups is 1. The van der Waals surface area contributed by atoms with Crippen LogP contribution in [0.25, 0.3) is 0 Å². The first-order chi connectivity index (χ1) is 14.1. The number of sulfonamides is 1. The third kappa shape index (κ3) is 7.14. The van der Waals surface area contributed by atoms with Crippen molar-refractivity contribution in [1.29, 1.82) is 0 Å². The van der Waals surface area contributed by atoms with E-state index < -0.39 is 10.0 Å². The summed E-state index contributed by atoms with van der Waals surface area (Å²) in [4.78, 5) is 16.8. The summed E-state index contributed by atoms with van der Waals surface area (Å²) in [5.74, 6) is 0. The van der Waals surface area contributed by atoms with Gasteiger partial charge in [0.05, 0.1) is 14.9 Å². The van der Waals surface area contributed by atoms with E-state index in [1.807, 2.05) is 6.07 Å². The first-order valence-electron chi connectivity index (χ1n) is 9.49. The third-order valence-electron chi connectivity index (χ3n) is 4.66. The number of anilines is 1. The summed E-state index contributed by atoms with van der Waals surface area (Å²) in [5, 5.41) is 8.79. The summed E-state index contributed by atoms with van der Waals surface area (Å²) >= 11 is 12.1. The fourth-order valence-electron chi connectivity index (χ4n) is 2.84. The van der Waals surface area contributed by atoms with Crippen LogP contribution in [-0.4, -0.2) is 50.4 Å². The molecule has 0 radical (unpaired) electrons. The highest BCUT2D eigenvalue weighted by atomic mass is 35.5. The molecule has 2 aromatic carbocycles. The molecular weight excluding hydrogens is 447 g/mol. The number of nitrogens with zero attached hydrogens (tertiary/aromatic N) is 2. The zero-order chi connectivity index (χ0) is 22.3. The van der Waals surface area contributed by atoms with Crippen LogP contribution >= 0.6 is 23.2 Å². The molecule has 0 aliphatic carbocycles. The van der Waals surface area contributed by atoms with Crippen molar-refractivity contribution < 1.29 is 13.2 Å². The Morgan fingerprint density at radius 2 is 1.63 bits per heavy atom. The fourth-order valence-corrected chi connectivity index (χ4v) is 3.68. The van der Waals surface area contributed by atoms with Crippen LogP contribution in [0.5, 0.6) is 0 Å². The predicted octanol–water partition coefficient (Wildman–Crippen LogP) is 4.02. The van der Waals surface area contributed by atoms with Gasteiger partial charge in [-0.05, 0) is 55.1 Å². The van der Waals surface area contributed by atoms with E-state index in [4.69, 9.17) is 28.3 Å². The number of hydrogen-bond acceptors (Lipinski definition) is 4. The second-order valence-corrected chi connectivity index (χ2v) is 9.07. The Bertz CT molecular complexity index is 965. The molecule has 2 amide bonds. The largest absolute Gasteiger partial charge is 0.322 e. The second-order valence-electron chi connectivity index (χ2n) is 6.70. The van der Waals surface area contributed by atoms with E-state index >= 15 is 0 Å². The van der Waals surface area contributed by atoms with Crippen molar-refractivity contribution in [1.82, 2.24) is 9.80 Å². The molecule has 0 aromatic heterocycles. The molecule has 0 bridgehead atoms. The van der Waals surface area contributed by atoms with Crippen LogP contribution in [0.15, 0.2) is 47.4 Å². The van der Waals surface area contributed by atoms with Crippen molar-refractivity contribution in [2.45, 2.75) is 25.3 Å². The van der Waals surface area contributed by atoms with Crippen molar-refractivity contribution in [2.75, 3.05) is 31.5 Å². The molecule has 7 nitrogen and oxygen atoms in total. The molecule has 3 N–H and O–H groups in total. The number of amides is 2.